The summed E-state index contributed by atoms with van der Waals surface area (Å²) in [5.41, 5.74) is 2.08. The Morgan fingerprint density at radius 1 is 0.970 bits per heavy atom. The summed E-state index contributed by atoms with van der Waals surface area (Å²) < 4.78 is 29.7. The normalized spacial score (nSPS) is 16.9. The van der Waals surface area contributed by atoms with Crippen LogP contribution in [-0.2, 0) is 22.9 Å². The molecule has 2 aliphatic rings. The number of sulfonamides is 1. The molecule has 0 spiro atoms. The number of carbonyl (C=O) groups excluding carboxylic acids is 1. The molecular formula is C24H24N4O3S2. The van der Waals surface area contributed by atoms with Crippen LogP contribution < -0.4 is 0 Å². The van der Waals surface area contributed by atoms with E-state index in [0.717, 1.165) is 41.8 Å². The second kappa shape index (κ2) is 8.78. The third kappa shape index (κ3) is 3.88. The van der Waals surface area contributed by atoms with Crippen LogP contribution in [0.4, 0.5) is 0 Å². The van der Waals surface area contributed by atoms with E-state index in [4.69, 9.17) is 0 Å². The van der Waals surface area contributed by atoms with Crippen molar-refractivity contribution >= 4 is 27.3 Å². The predicted octanol–water partition coefficient (Wildman–Crippen LogP) is 3.44. The summed E-state index contributed by atoms with van der Waals surface area (Å²) in [6.45, 7) is 1.06. The molecule has 5 rings (SSSR count). The van der Waals surface area contributed by atoms with Gasteiger partial charge in [-0.2, -0.15) is 9.57 Å². The number of amides is 1. The summed E-state index contributed by atoms with van der Waals surface area (Å²) >= 11 is 1.70. The van der Waals surface area contributed by atoms with Crippen LogP contribution in [0.3, 0.4) is 0 Å². The van der Waals surface area contributed by atoms with Gasteiger partial charge in [0.2, 0.25) is 10.0 Å². The summed E-state index contributed by atoms with van der Waals surface area (Å²) in [4.78, 5) is 16.8. The van der Waals surface area contributed by atoms with Crippen LogP contribution in [0, 0.1) is 11.3 Å². The molecule has 1 aliphatic heterocycles. The quantitative estimate of drug-likeness (QED) is 0.573. The highest BCUT2D eigenvalue weighted by atomic mass is 32.2. The van der Waals surface area contributed by atoms with Gasteiger partial charge in [0.25, 0.3) is 5.91 Å². The molecule has 3 heterocycles. The van der Waals surface area contributed by atoms with Gasteiger partial charge < -0.3 is 9.47 Å². The molecule has 0 bridgehead atoms. The maximum absolute atomic E-state index is 13.7. The lowest BCUT2D eigenvalue weighted by Crippen LogP contribution is -2.50. The summed E-state index contributed by atoms with van der Waals surface area (Å²) in [6.07, 6.45) is 8.07. The van der Waals surface area contributed by atoms with Crippen LogP contribution >= 0.6 is 11.3 Å². The molecule has 0 saturated carbocycles. The Morgan fingerprint density at radius 3 is 2.39 bits per heavy atom. The lowest BCUT2D eigenvalue weighted by atomic mass is 9.95. The van der Waals surface area contributed by atoms with Gasteiger partial charge in [0.05, 0.1) is 16.0 Å². The monoisotopic (exact) mass is 480 g/mol. The standard InChI is InChI=1S/C24H24N4O3S2/c25-17-18-7-1-4-10-21(18)33(30,31)28-15-13-26(14-16-28)23(29)22-19-8-2-3-9-20(19)32-24(22)27-11-5-6-12-27/h1,4-7,10-12H,2-3,8-9,13-16H2. The Hall–Kier alpha value is -2.93. The highest BCUT2D eigenvalue weighted by molar-refractivity contribution is 7.89. The van der Waals surface area contributed by atoms with Gasteiger partial charge in [-0.3, -0.25) is 4.79 Å². The molecule has 0 N–H and O–H groups in total. The van der Waals surface area contributed by atoms with Crippen molar-refractivity contribution in [2.45, 2.75) is 30.6 Å². The number of nitrogens with zero attached hydrogens (tertiary/aromatic N) is 4. The first kappa shape index (κ1) is 21.9. The van der Waals surface area contributed by atoms with Crippen molar-refractivity contribution in [2.24, 2.45) is 0 Å². The minimum Gasteiger partial charge on any atom is -0.336 e. The first-order chi connectivity index (χ1) is 16.0. The number of hydrogen-bond acceptors (Lipinski definition) is 5. The number of fused-ring (bicyclic) bond motifs is 1. The molecule has 3 aromatic rings. The Kier molecular flexibility index (Phi) is 5.83. The smallest absolute Gasteiger partial charge is 0.257 e. The summed E-state index contributed by atoms with van der Waals surface area (Å²) in [7, 11) is -3.79. The van der Waals surface area contributed by atoms with Crippen LogP contribution in [0.1, 0.15) is 39.2 Å². The van der Waals surface area contributed by atoms with Gasteiger partial charge in [-0.05, 0) is 55.5 Å². The molecule has 2 aromatic heterocycles. The number of carbonyl (C=O) groups is 1. The number of aryl methyl sites for hydroxylation is 1. The third-order valence-electron chi connectivity index (χ3n) is 6.36. The Labute approximate surface area is 197 Å². The number of benzene rings is 1. The average Bonchev–Trinajstić information content (AvgIpc) is 3.51. The average molecular weight is 481 g/mol. The number of hydrogen-bond donors (Lipinski definition) is 0. The van der Waals surface area contributed by atoms with Crippen molar-refractivity contribution in [3.63, 3.8) is 0 Å². The fourth-order valence-electron chi connectivity index (χ4n) is 4.64. The van der Waals surface area contributed by atoms with Gasteiger partial charge in [0.15, 0.2) is 0 Å². The second-order valence-corrected chi connectivity index (χ2v) is 11.3. The van der Waals surface area contributed by atoms with Gasteiger partial charge in [0, 0.05) is 43.4 Å². The fourth-order valence-corrected chi connectivity index (χ4v) is 7.55. The zero-order valence-electron chi connectivity index (χ0n) is 18.1. The zero-order chi connectivity index (χ0) is 23.0. The van der Waals surface area contributed by atoms with E-state index < -0.39 is 10.0 Å². The molecule has 0 radical (unpaired) electrons. The molecule has 1 aliphatic carbocycles. The van der Waals surface area contributed by atoms with E-state index in [-0.39, 0.29) is 29.5 Å². The van der Waals surface area contributed by atoms with E-state index in [0.29, 0.717) is 13.1 Å². The van der Waals surface area contributed by atoms with Gasteiger partial charge in [-0.15, -0.1) is 11.3 Å². The molecule has 1 aromatic carbocycles. The van der Waals surface area contributed by atoms with Gasteiger partial charge in [0.1, 0.15) is 11.1 Å². The number of rotatable bonds is 4. The number of piperazine rings is 1. The van der Waals surface area contributed by atoms with E-state index in [1.54, 1.807) is 28.4 Å². The van der Waals surface area contributed by atoms with Gasteiger partial charge in [-0.25, -0.2) is 8.42 Å². The zero-order valence-corrected chi connectivity index (χ0v) is 19.7. The molecule has 7 nitrogen and oxygen atoms in total. The van der Waals surface area contributed by atoms with Gasteiger partial charge >= 0.3 is 0 Å². The van der Waals surface area contributed by atoms with Crippen LogP contribution in [0.15, 0.2) is 53.7 Å². The molecule has 33 heavy (non-hydrogen) atoms. The topological polar surface area (TPSA) is 86.4 Å². The number of aromatic nitrogens is 1. The van der Waals surface area contributed by atoms with Crippen molar-refractivity contribution in [2.75, 3.05) is 26.2 Å². The highest BCUT2D eigenvalue weighted by Crippen LogP contribution is 2.38. The lowest BCUT2D eigenvalue weighted by Gasteiger charge is -2.34. The van der Waals surface area contributed by atoms with Crippen molar-refractivity contribution in [3.8, 4) is 11.1 Å². The van der Waals surface area contributed by atoms with E-state index in [1.165, 1.54) is 21.3 Å². The number of thiophene rings is 1. The Balaban J connectivity index is 1.39. The second-order valence-electron chi connectivity index (χ2n) is 8.29. The van der Waals surface area contributed by atoms with Crippen LogP contribution in [0.2, 0.25) is 0 Å². The van der Waals surface area contributed by atoms with Crippen LogP contribution in [0.25, 0.3) is 5.00 Å². The van der Waals surface area contributed by atoms with E-state index in [1.807, 2.05) is 35.2 Å². The number of nitriles is 1. The third-order valence-corrected chi connectivity index (χ3v) is 9.62. The summed E-state index contributed by atoms with van der Waals surface area (Å²) in [5.74, 6) is -0.0208. The van der Waals surface area contributed by atoms with Crippen molar-refractivity contribution in [3.05, 3.63) is 70.4 Å². The van der Waals surface area contributed by atoms with Crippen molar-refractivity contribution in [1.29, 1.82) is 5.26 Å². The Bertz CT molecular complexity index is 1330. The largest absolute Gasteiger partial charge is 0.336 e. The van der Waals surface area contributed by atoms with E-state index >= 15 is 0 Å². The molecule has 170 valence electrons. The minimum atomic E-state index is -3.79. The van der Waals surface area contributed by atoms with Crippen LogP contribution in [0.5, 0.6) is 0 Å². The predicted molar refractivity (Wildman–Crippen MR) is 126 cm³/mol. The van der Waals surface area contributed by atoms with E-state index in [2.05, 4.69) is 0 Å². The molecule has 0 unspecified atom stereocenters. The Morgan fingerprint density at radius 2 is 1.67 bits per heavy atom. The van der Waals surface area contributed by atoms with Gasteiger partial charge in [-0.1, -0.05) is 12.1 Å². The van der Waals surface area contributed by atoms with Crippen LogP contribution in [-0.4, -0.2) is 54.3 Å². The summed E-state index contributed by atoms with van der Waals surface area (Å²) in [6, 6.07) is 12.1. The molecular weight excluding hydrogens is 456 g/mol. The first-order valence-electron chi connectivity index (χ1n) is 11.1. The summed E-state index contributed by atoms with van der Waals surface area (Å²) in [5, 5.41) is 10.3. The molecule has 1 saturated heterocycles. The molecule has 1 amide bonds. The molecule has 1 fully saturated rings. The SMILES string of the molecule is N#Cc1ccccc1S(=O)(=O)N1CCN(C(=O)c2c(-n3cccc3)sc3c2CCCC3)CC1. The highest BCUT2D eigenvalue weighted by Gasteiger charge is 2.34. The van der Waals surface area contributed by atoms with Crippen molar-refractivity contribution < 1.29 is 13.2 Å². The minimum absolute atomic E-state index is 0.0208. The van der Waals surface area contributed by atoms with Crippen molar-refractivity contribution in [1.82, 2.24) is 13.8 Å². The molecule has 0 atom stereocenters. The fraction of sp³-hybridized carbons (Fsp3) is 0.333. The first-order valence-corrected chi connectivity index (χ1v) is 13.3. The lowest BCUT2D eigenvalue weighted by molar-refractivity contribution is 0.0697. The maximum atomic E-state index is 13.7. The van der Waals surface area contributed by atoms with E-state index in [9.17, 15) is 18.5 Å². The maximum Gasteiger partial charge on any atom is 0.257 e. The molecule has 9 heteroatoms.